The van der Waals surface area contributed by atoms with Gasteiger partial charge in [-0.05, 0) is 24.8 Å². The molecule has 0 aromatic heterocycles. The number of anilines is 1. The molecule has 0 radical (unpaired) electrons. The maximum absolute atomic E-state index is 13.8. The second kappa shape index (κ2) is 6.54. The zero-order chi connectivity index (χ0) is 20.1. The minimum Gasteiger partial charge on any atom is -0.321 e. The van der Waals surface area contributed by atoms with Crippen LogP contribution in [0.15, 0.2) is 24.3 Å². The molecule has 1 fully saturated rings. The van der Waals surface area contributed by atoms with Crippen LogP contribution in [0.25, 0.3) is 0 Å². The van der Waals surface area contributed by atoms with Crippen LogP contribution in [-0.2, 0) is 11.0 Å². The lowest BCUT2D eigenvalue weighted by Crippen LogP contribution is -2.21. The second-order valence-corrected chi connectivity index (χ2v) is 6.35. The van der Waals surface area contributed by atoms with E-state index in [2.05, 4.69) is 0 Å². The van der Waals surface area contributed by atoms with E-state index in [1.807, 2.05) is 19.1 Å². The molecule has 27 heavy (non-hydrogen) atoms. The van der Waals surface area contributed by atoms with Crippen LogP contribution in [0.3, 0.4) is 0 Å². The first kappa shape index (κ1) is 19.2. The summed E-state index contributed by atoms with van der Waals surface area (Å²) in [4.78, 5) is 12.1. The average molecular weight is 391 g/mol. The highest BCUT2D eigenvalue weighted by Crippen LogP contribution is 2.48. The van der Waals surface area contributed by atoms with Crippen LogP contribution in [0.5, 0.6) is 0 Å². The number of rotatable bonds is 3. The third-order valence-corrected chi connectivity index (χ3v) is 4.43. The van der Waals surface area contributed by atoms with E-state index >= 15 is 0 Å². The summed E-state index contributed by atoms with van der Waals surface area (Å²) in [7, 11) is 0. The van der Waals surface area contributed by atoms with Crippen LogP contribution in [0.1, 0.15) is 29.0 Å². The van der Waals surface area contributed by atoms with E-state index in [0.717, 1.165) is 11.1 Å². The Labute approximate surface area is 149 Å². The fraction of sp³-hybridized carbons (Fsp3) is 0.278. The fourth-order valence-corrected chi connectivity index (χ4v) is 2.87. The Morgan fingerprint density at radius 1 is 0.963 bits per heavy atom. The second-order valence-electron chi connectivity index (χ2n) is 6.35. The molecule has 9 heteroatoms. The van der Waals surface area contributed by atoms with Gasteiger partial charge >= 0.3 is 6.18 Å². The van der Waals surface area contributed by atoms with Gasteiger partial charge in [0.15, 0.2) is 23.3 Å². The van der Waals surface area contributed by atoms with Crippen molar-refractivity contribution in [3.63, 3.8) is 0 Å². The summed E-state index contributed by atoms with van der Waals surface area (Å²) < 4.78 is 92.6. The van der Waals surface area contributed by atoms with Crippen molar-refractivity contribution in [3.8, 4) is 0 Å². The van der Waals surface area contributed by atoms with Gasteiger partial charge in [-0.25, -0.2) is 17.6 Å². The molecule has 2 nitrogen and oxygen atoms in total. The van der Waals surface area contributed by atoms with Crippen molar-refractivity contribution in [1.82, 2.24) is 0 Å². The van der Waals surface area contributed by atoms with Crippen LogP contribution in [0, 0.1) is 36.1 Å². The van der Waals surface area contributed by atoms with E-state index in [1.165, 1.54) is 0 Å². The third-order valence-electron chi connectivity index (χ3n) is 4.43. The molecule has 1 saturated carbocycles. The van der Waals surface area contributed by atoms with Crippen LogP contribution in [0.2, 0.25) is 0 Å². The Balaban J connectivity index is 1.84. The first-order valence-electron chi connectivity index (χ1n) is 7.83. The molecule has 1 aliphatic carbocycles. The minimum atomic E-state index is -5.63. The molecule has 2 aromatic carbocycles. The van der Waals surface area contributed by atoms with Crippen molar-refractivity contribution >= 4 is 11.6 Å². The number of carbonyl (C=O) groups excluding carboxylic acids is 1. The number of nitrogens with one attached hydrogen (secondary N) is 1. The predicted octanol–water partition coefficient (Wildman–Crippen LogP) is 5.31. The van der Waals surface area contributed by atoms with Crippen LogP contribution in [0.4, 0.5) is 36.4 Å². The number of aryl methyl sites for hydroxylation is 1. The Bertz CT molecular complexity index is 876. The lowest BCUT2D eigenvalue weighted by atomic mass is 10.1. The van der Waals surface area contributed by atoms with Gasteiger partial charge in [0.1, 0.15) is 11.3 Å². The zero-order valence-corrected chi connectivity index (χ0v) is 13.7. The molecule has 1 N–H and O–H groups in total. The maximum Gasteiger partial charge on any atom is 0.422 e. The molecule has 0 saturated heterocycles. The Hall–Kier alpha value is -2.58. The van der Waals surface area contributed by atoms with E-state index in [-0.39, 0.29) is 5.92 Å². The van der Waals surface area contributed by atoms with Crippen molar-refractivity contribution in [1.29, 1.82) is 0 Å². The molecule has 2 atom stereocenters. The summed E-state index contributed by atoms with van der Waals surface area (Å²) in [6.07, 6.45) is -5.30. The monoisotopic (exact) mass is 391 g/mol. The Morgan fingerprint density at radius 2 is 1.48 bits per heavy atom. The van der Waals surface area contributed by atoms with E-state index in [4.69, 9.17) is 0 Å². The SMILES string of the molecule is Cc1ccc([C@@H]2C[C@@H]2C(=O)Nc2c(F)c(F)c(C(F)(F)F)c(F)c2F)cc1. The highest BCUT2D eigenvalue weighted by molar-refractivity contribution is 5.95. The molecule has 0 bridgehead atoms. The average Bonchev–Trinajstić information content (AvgIpc) is 3.37. The molecule has 1 aliphatic rings. The van der Waals surface area contributed by atoms with Gasteiger partial charge in [-0.1, -0.05) is 29.8 Å². The number of halogens is 7. The predicted molar refractivity (Wildman–Crippen MR) is 81.9 cm³/mol. The largest absolute Gasteiger partial charge is 0.422 e. The lowest BCUT2D eigenvalue weighted by molar-refractivity contribution is -0.143. The molecule has 144 valence electrons. The Kier molecular flexibility index (Phi) is 4.65. The van der Waals surface area contributed by atoms with Gasteiger partial charge in [-0.3, -0.25) is 4.79 Å². The van der Waals surface area contributed by atoms with E-state index in [0.29, 0.717) is 6.42 Å². The summed E-state index contributed by atoms with van der Waals surface area (Å²) >= 11 is 0. The molecule has 1 amide bonds. The van der Waals surface area contributed by atoms with E-state index < -0.39 is 52.5 Å². The first-order valence-corrected chi connectivity index (χ1v) is 7.83. The number of hydrogen-bond donors (Lipinski definition) is 1. The molecule has 0 unspecified atom stereocenters. The summed E-state index contributed by atoms with van der Waals surface area (Å²) in [5.41, 5.74) is -2.47. The van der Waals surface area contributed by atoms with Crippen LogP contribution >= 0.6 is 0 Å². The number of carbonyl (C=O) groups is 1. The topological polar surface area (TPSA) is 29.1 Å². The lowest BCUT2D eigenvalue weighted by Gasteiger charge is -2.14. The van der Waals surface area contributed by atoms with Gasteiger partial charge < -0.3 is 5.32 Å². The van der Waals surface area contributed by atoms with Crippen molar-refractivity contribution in [3.05, 3.63) is 64.2 Å². The van der Waals surface area contributed by atoms with E-state index in [9.17, 15) is 35.5 Å². The summed E-state index contributed by atoms with van der Waals surface area (Å²) in [6.45, 7) is 1.86. The molecular formula is C18H12F7NO. The van der Waals surface area contributed by atoms with Crippen molar-refractivity contribution < 1.29 is 35.5 Å². The third kappa shape index (κ3) is 3.50. The summed E-state index contributed by atoms with van der Waals surface area (Å²) in [5.74, 6) is -11.7. The highest BCUT2D eigenvalue weighted by atomic mass is 19.4. The Morgan fingerprint density at radius 3 is 1.96 bits per heavy atom. The minimum absolute atomic E-state index is 0.249. The van der Waals surface area contributed by atoms with Crippen LogP contribution in [-0.4, -0.2) is 5.91 Å². The number of benzene rings is 2. The summed E-state index contributed by atoms with van der Waals surface area (Å²) in [6, 6.07) is 7.16. The highest BCUT2D eigenvalue weighted by Gasteiger charge is 2.46. The van der Waals surface area contributed by atoms with E-state index in [1.54, 1.807) is 17.4 Å². The van der Waals surface area contributed by atoms with Gasteiger partial charge in [0.25, 0.3) is 0 Å². The molecule has 3 rings (SSSR count). The van der Waals surface area contributed by atoms with Gasteiger partial charge in [-0.15, -0.1) is 0 Å². The number of alkyl halides is 3. The number of hydrogen-bond acceptors (Lipinski definition) is 1. The smallest absolute Gasteiger partial charge is 0.321 e. The molecule has 0 heterocycles. The summed E-state index contributed by atoms with van der Waals surface area (Å²) in [5, 5.41) is 1.68. The van der Waals surface area contributed by atoms with Crippen LogP contribution < -0.4 is 5.32 Å². The number of amides is 1. The van der Waals surface area contributed by atoms with Gasteiger partial charge in [0.2, 0.25) is 5.91 Å². The molecule has 2 aromatic rings. The fourth-order valence-electron chi connectivity index (χ4n) is 2.87. The maximum atomic E-state index is 13.8. The normalized spacial score (nSPS) is 19.1. The first-order chi connectivity index (χ1) is 12.5. The molecule has 0 aliphatic heterocycles. The molecular weight excluding hydrogens is 379 g/mol. The van der Waals surface area contributed by atoms with Crippen molar-refractivity contribution in [2.75, 3.05) is 5.32 Å². The van der Waals surface area contributed by atoms with Crippen molar-refractivity contribution in [2.45, 2.75) is 25.4 Å². The van der Waals surface area contributed by atoms with Gasteiger partial charge in [-0.2, -0.15) is 13.2 Å². The zero-order valence-electron chi connectivity index (χ0n) is 13.7. The van der Waals surface area contributed by atoms with Gasteiger partial charge in [0, 0.05) is 5.92 Å². The van der Waals surface area contributed by atoms with Gasteiger partial charge in [0.05, 0.1) is 0 Å². The quantitative estimate of drug-likeness (QED) is 0.558. The standard InChI is InChI=1S/C18H12F7NO/c1-7-2-4-8(5-3-7)9-6-10(9)17(27)26-16-14(21)12(19)11(18(23,24)25)13(20)15(16)22/h2-5,9-10H,6H2,1H3,(H,26,27)/t9-,10-/m0/s1. The molecule has 0 spiro atoms. The van der Waals surface area contributed by atoms with Crippen molar-refractivity contribution in [2.24, 2.45) is 5.92 Å².